The third-order valence-electron chi connectivity index (χ3n) is 5.81. The van der Waals surface area contributed by atoms with Crippen molar-refractivity contribution in [2.75, 3.05) is 13.1 Å². The van der Waals surface area contributed by atoms with Crippen LogP contribution in [0.2, 0.25) is 5.02 Å². The van der Waals surface area contributed by atoms with E-state index >= 15 is 0 Å². The van der Waals surface area contributed by atoms with Crippen LogP contribution in [0.5, 0.6) is 0 Å². The monoisotopic (exact) mass is 420 g/mol. The number of carbonyl (C=O) groups excluding carboxylic acids is 1. The van der Waals surface area contributed by atoms with Gasteiger partial charge in [0.2, 0.25) is 5.82 Å². The minimum Gasteiger partial charge on any atom is -0.335 e. The van der Waals surface area contributed by atoms with Gasteiger partial charge in [-0.2, -0.15) is 0 Å². The average molecular weight is 421 g/mol. The summed E-state index contributed by atoms with van der Waals surface area (Å²) in [6.07, 6.45) is 5.42. The number of rotatable bonds is 8. The number of nitrogens with zero attached hydrogens (tertiary/aromatic N) is 4. The molecule has 30 heavy (non-hydrogen) atoms. The molecule has 0 aliphatic heterocycles. The van der Waals surface area contributed by atoms with E-state index in [0.717, 1.165) is 42.3 Å². The number of hydrogen-bond acceptors (Lipinski definition) is 3. The highest BCUT2D eigenvalue weighted by Gasteiger charge is 2.33. The van der Waals surface area contributed by atoms with Gasteiger partial charge in [0, 0.05) is 24.0 Å². The summed E-state index contributed by atoms with van der Waals surface area (Å²) >= 11 is 6.00. The smallest absolute Gasteiger partial charge is 0.293 e. The van der Waals surface area contributed by atoms with Crippen LogP contribution in [0.1, 0.15) is 53.6 Å². The van der Waals surface area contributed by atoms with Crippen LogP contribution in [0, 0.1) is 5.92 Å². The van der Waals surface area contributed by atoms with E-state index in [0.29, 0.717) is 24.2 Å². The lowest BCUT2D eigenvalue weighted by atomic mass is 10.1. The normalized spacial score (nSPS) is 15.9. The minimum atomic E-state index is -0.0626. The number of benzene rings is 2. The van der Waals surface area contributed by atoms with E-state index < -0.39 is 0 Å². The molecule has 0 radical (unpaired) electrons. The van der Waals surface area contributed by atoms with Crippen LogP contribution in [-0.4, -0.2) is 38.7 Å². The van der Waals surface area contributed by atoms with Gasteiger partial charge in [0.05, 0.1) is 5.69 Å². The summed E-state index contributed by atoms with van der Waals surface area (Å²) < 4.78 is 1.86. The molecule has 5 rings (SSSR count). The van der Waals surface area contributed by atoms with Crippen LogP contribution in [0.3, 0.4) is 0 Å². The fraction of sp³-hybridized carbons (Fsp3) is 0.375. The van der Waals surface area contributed by atoms with Crippen LogP contribution >= 0.6 is 11.6 Å². The Morgan fingerprint density at radius 2 is 1.77 bits per heavy atom. The molecule has 0 unspecified atom stereocenters. The maximum Gasteiger partial charge on any atom is 0.293 e. The Morgan fingerprint density at radius 3 is 2.43 bits per heavy atom. The van der Waals surface area contributed by atoms with Crippen molar-refractivity contribution >= 4 is 17.5 Å². The zero-order valence-electron chi connectivity index (χ0n) is 16.9. The Labute approximate surface area is 181 Å². The summed E-state index contributed by atoms with van der Waals surface area (Å²) in [6.45, 7) is 1.45. The van der Waals surface area contributed by atoms with Crippen molar-refractivity contribution in [2.24, 2.45) is 5.92 Å². The Bertz CT molecular complexity index is 1020. The largest absolute Gasteiger partial charge is 0.335 e. The van der Waals surface area contributed by atoms with Gasteiger partial charge in [-0.1, -0.05) is 41.9 Å². The Hall–Kier alpha value is -2.66. The lowest BCUT2D eigenvalue weighted by Gasteiger charge is -2.21. The molecule has 0 N–H and O–H groups in total. The number of para-hydroxylation sites is 1. The molecule has 0 atom stereocenters. The third-order valence-corrected chi connectivity index (χ3v) is 6.07. The van der Waals surface area contributed by atoms with E-state index in [1.54, 1.807) is 0 Å². The van der Waals surface area contributed by atoms with Crippen LogP contribution < -0.4 is 0 Å². The standard InChI is InChI=1S/C24H25ClN4O/c25-20-12-8-17(9-13-20)14-15-28(16-18-6-7-18)24(30)22-26-23(19-10-11-19)29(27-22)21-4-2-1-3-5-21/h1-5,8-9,12-13,18-19H,6-7,10-11,14-16H2. The highest BCUT2D eigenvalue weighted by Crippen LogP contribution is 2.40. The predicted octanol–water partition coefficient (Wildman–Crippen LogP) is 4.89. The molecule has 3 aromatic rings. The molecule has 5 nitrogen and oxygen atoms in total. The van der Waals surface area contributed by atoms with Gasteiger partial charge in [-0.05, 0) is 67.9 Å². The molecule has 1 aromatic heterocycles. The van der Waals surface area contributed by atoms with E-state index in [9.17, 15) is 4.79 Å². The molecule has 2 aromatic carbocycles. The molecule has 2 saturated carbocycles. The van der Waals surface area contributed by atoms with Crippen LogP contribution in [0.15, 0.2) is 54.6 Å². The topological polar surface area (TPSA) is 51.0 Å². The fourth-order valence-corrected chi connectivity index (χ4v) is 3.85. The Morgan fingerprint density at radius 1 is 1.03 bits per heavy atom. The van der Waals surface area contributed by atoms with Crippen molar-refractivity contribution in [3.05, 3.63) is 76.8 Å². The van der Waals surface area contributed by atoms with E-state index in [4.69, 9.17) is 16.6 Å². The Balaban J connectivity index is 1.38. The van der Waals surface area contributed by atoms with E-state index in [1.165, 1.54) is 18.4 Å². The second-order valence-corrected chi connectivity index (χ2v) is 8.82. The molecule has 2 aliphatic carbocycles. The van der Waals surface area contributed by atoms with Crippen molar-refractivity contribution in [2.45, 2.75) is 38.0 Å². The summed E-state index contributed by atoms with van der Waals surface area (Å²) in [5, 5.41) is 5.38. The maximum absolute atomic E-state index is 13.4. The number of halogens is 1. The molecule has 0 bridgehead atoms. The van der Waals surface area contributed by atoms with Crippen molar-refractivity contribution < 1.29 is 4.79 Å². The van der Waals surface area contributed by atoms with Gasteiger partial charge in [-0.25, -0.2) is 9.67 Å². The van der Waals surface area contributed by atoms with E-state index in [2.05, 4.69) is 5.10 Å². The molecule has 1 heterocycles. The second-order valence-electron chi connectivity index (χ2n) is 8.39. The first kappa shape index (κ1) is 19.3. The SMILES string of the molecule is O=C(c1nc(C2CC2)n(-c2ccccc2)n1)N(CCc1ccc(Cl)cc1)CC1CC1. The number of aromatic nitrogens is 3. The first-order valence-electron chi connectivity index (χ1n) is 10.7. The van der Waals surface area contributed by atoms with Gasteiger partial charge in [-0.15, -0.1) is 5.10 Å². The molecule has 6 heteroatoms. The minimum absolute atomic E-state index is 0.0626. The molecule has 0 saturated heterocycles. The van der Waals surface area contributed by atoms with Crippen LogP contribution in [0.25, 0.3) is 5.69 Å². The summed E-state index contributed by atoms with van der Waals surface area (Å²) in [5.41, 5.74) is 2.13. The number of carbonyl (C=O) groups is 1. The molecule has 1 amide bonds. The average Bonchev–Trinajstić information content (AvgIpc) is 3.71. The maximum atomic E-state index is 13.4. The highest BCUT2D eigenvalue weighted by atomic mass is 35.5. The fourth-order valence-electron chi connectivity index (χ4n) is 3.72. The quantitative estimate of drug-likeness (QED) is 0.521. The number of hydrogen-bond donors (Lipinski definition) is 0. The van der Waals surface area contributed by atoms with Gasteiger partial charge in [0.1, 0.15) is 5.82 Å². The van der Waals surface area contributed by atoms with Gasteiger partial charge in [-0.3, -0.25) is 4.79 Å². The molecule has 0 spiro atoms. The van der Waals surface area contributed by atoms with E-state index in [-0.39, 0.29) is 5.91 Å². The van der Waals surface area contributed by atoms with Gasteiger partial charge in [0.25, 0.3) is 5.91 Å². The summed E-state index contributed by atoms with van der Waals surface area (Å²) in [5.74, 6) is 2.18. The highest BCUT2D eigenvalue weighted by molar-refractivity contribution is 6.30. The summed E-state index contributed by atoms with van der Waals surface area (Å²) in [6, 6.07) is 17.8. The molecule has 2 fully saturated rings. The lowest BCUT2D eigenvalue weighted by molar-refractivity contribution is 0.0737. The molecule has 154 valence electrons. The second kappa shape index (κ2) is 8.23. The van der Waals surface area contributed by atoms with Gasteiger partial charge in [0.15, 0.2) is 0 Å². The van der Waals surface area contributed by atoms with Gasteiger partial charge >= 0.3 is 0 Å². The van der Waals surface area contributed by atoms with Crippen LogP contribution in [-0.2, 0) is 6.42 Å². The first-order chi connectivity index (χ1) is 14.7. The molecular formula is C24H25ClN4O. The Kier molecular flexibility index (Phi) is 5.30. The van der Waals surface area contributed by atoms with Gasteiger partial charge < -0.3 is 4.90 Å². The van der Waals surface area contributed by atoms with Crippen LogP contribution in [0.4, 0.5) is 0 Å². The van der Waals surface area contributed by atoms with Crippen molar-refractivity contribution in [1.29, 1.82) is 0 Å². The van der Waals surface area contributed by atoms with Crippen molar-refractivity contribution in [1.82, 2.24) is 19.7 Å². The van der Waals surface area contributed by atoms with E-state index in [1.807, 2.05) is 64.2 Å². The molecular weight excluding hydrogens is 396 g/mol. The summed E-state index contributed by atoms with van der Waals surface area (Å²) in [7, 11) is 0. The zero-order valence-corrected chi connectivity index (χ0v) is 17.6. The zero-order chi connectivity index (χ0) is 20.5. The lowest BCUT2D eigenvalue weighted by Crippen LogP contribution is -2.35. The molecule has 2 aliphatic rings. The van der Waals surface area contributed by atoms with Crippen molar-refractivity contribution in [3.8, 4) is 5.69 Å². The summed E-state index contributed by atoms with van der Waals surface area (Å²) in [4.78, 5) is 20.0. The van der Waals surface area contributed by atoms with Crippen molar-refractivity contribution in [3.63, 3.8) is 0 Å². The third kappa shape index (κ3) is 4.41. The first-order valence-corrected chi connectivity index (χ1v) is 11.1. The number of amides is 1. The predicted molar refractivity (Wildman–Crippen MR) is 117 cm³/mol.